The molecule has 4 atom stereocenters. The predicted octanol–water partition coefficient (Wildman–Crippen LogP) is 5.42. The average Bonchev–Trinajstić information content (AvgIpc) is 3.31. The van der Waals surface area contributed by atoms with Crippen molar-refractivity contribution < 1.29 is 14.7 Å². The number of hydrogen-bond acceptors (Lipinski definition) is 3. The van der Waals surface area contributed by atoms with Crippen molar-refractivity contribution in [3.05, 3.63) is 94.7 Å². The van der Waals surface area contributed by atoms with E-state index in [1.165, 1.54) is 16.5 Å². The first-order chi connectivity index (χ1) is 18.8. The number of aliphatic hydroxyl groups is 1. The summed E-state index contributed by atoms with van der Waals surface area (Å²) in [4.78, 5) is 34.9. The maximum absolute atomic E-state index is 13.9. The van der Waals surface area contributed by atoms with E-state index in [0.717, 1.165) is 34.3 Å². The molecule has 2 aliphatic heterocycles. The number of aromatic nitrogens is 1. The van der Waals surface area contributed by atoms with E-state index >= 15 is 0 Å². The Labute approximate surface area is 229 Å². The van der Waals surface area contributed by atoms with Crippen molar-refractivity contribution in [1.82, 2.24) is 14.8 Å². The zero-order valence-corrected chi connectivity index (χ0v) is 22.9. The lowest BCUT2D eigenvalue weighted by Gasteiger charge is -2.49. The van der Waals surface area contributed by atoms with Gasteiger partial charge in [-0.15, -0.1) is 0 Å². The maximum atomic E-state index is 13.9. The molecule has 0 radical (unpaired) electrons. The van der Waals surface area contributed by atoms with Crippen LogP contribution in [0, 0.1) is 19.8 Å². The molecule has 200 valence electrons. The smallest absolute Gasteiger partial charge is 0.254 e. The van der Waals surface area contributed by atoms with Gasteiger partial charge in [0.2, 0.25) is 5.91 Å². The summed E-state index contributed by atoms with van der Waals surface area (Å²) >= 11 is 0. The van der Waals surface area contributed by atoms with E-state index in [0.29, 0.717) is 18.5 Å². The fourth-order valence-corrected chi connectivity index (χ4v) is 6.77. The van der Waals surface area contributed by atoms with Crippen LogP contribution in [0.5, 0.6) is 0 Å². The molecule has 0 unspecified atom stereocenters. The summed E-state index contributed by atoms with van der Waals surface area (Å²) in [6.07, 6.45) is 0.451. The minimum Gasteiger partial charge on any atom is -0.393 e. The van der Waals surface area contributed by atoms with Gasteiger partial charge < -0.3 is 19.9 Å². The van der Waals surface area contributed by atoms with Gasteiger partial charge in [-0.05, 0) is 56.4 Å². The zero-order valence-electron chi connectivity index (χ0n) is 22.9. The van der Waals surface area contributed by atoms with Crippen molar-refractivity contribution in [1.29, 1.82) is 0 Å². The first kappa shape index (κ1) is 25.4. The maximum Gasteiger partial charge on any atom is 0.254 e. The lowest BCUT2D eigenvalue weighted by molar-refractivity contribution is -0.151. The van der Waals surface area contributed by atoms with Crippen LogP contribution in [0.1, 0.15) is 52.1 Å². The zero-order chi connectivity index (χ0) is 27.4. The standard InChI is InChI=1S/C33H35N3O3/c1-19-9-7-11-22(17-19)24-13-8-14-25-26-15-16-36-28(31(26)34-30(24)25)18-27(29(21(3)37)33(36)39)35(4)32(38)23-12-6-5-10-20(23)2/h5-14,17,21,27-29,34,37H,15-16,18H2,1-4H3/t21-,27-,28-,29-/m0/s1. The number of amides is 2. The molecule has 0 spiro atoms. The minimum atomic E-state index is -0.868. The van der Waals surface area contributed by atoms with Crippen molar-refractivity contribution in [2.24, 2.45) is 5.92 Å². The Morgan fingerprint density at radius 2 is 1.85 bits per heavy atom. The van der Waals surface area contributed by atoms with Crippen molar-refractivity contribution in [2.75, 3.05) is 13.6 Å². The van der Waals surface area contributed by atoms with Gasteiger partial charge in [0, 0.05) is 41.8 Å². The summed E-state index contributed by atoms with van der Waals surface area (Å²) in [6, 6.07) is 21.8. The molecular weight excluding hydrogens is 486 g/mol. The Bertz CT molecular complexity index is 1590. The van der Waals surface area contributed by atoms with E-state index < -0.39 is 18.1 Å². The van der Waals surface area contributed by atoms with E-state index in [2.05, 4.69) is 54.4 Å². The first-order valence-corrected chi connectivity index (χ1v) is 13.8. The lowest BCUT2D eigenvalue weighted by Crippen LogP contribution is -2.59. The summed E-state index contributed by atoms with van der Waals surface area (Å²) in [5, 5.41) is 12.0. The molecule has 1 aromatic heterocycles. The molecule has 1 fully saturated rings. The SMILES string of the molecule is Cc1cccc(-c2cccc3c4c([nH]c23)[C@@H]2C[C@H](N(C)C(=O)c3ccccc3C)[C@H]([C@H](C)O)C(=O)N2CC4)c1. The molecule has 39 heavy (non-hydrogen) atoms. The van der Waals surface area contributed by atoms with Gasteiger partial charge >= 0.3 is 0 Å². The van der Waals surface area contributed by atoms with Gasteiger partial charge in [0.1, 0.15) is 0 Å². The summed E-state index contributed by atoms with van der Waals surface area (Å²) in [7, 11) is 1.77. The Morgan fingerprint density at radius 1 is 1.08 bits per heavy atom. The van der Waals surface area contributed by atoms with Gasteiger partial charge in [-0.25, -0.2) is 0 Å². The number of aromatic amines is 1. The summed E-state index contributed by atoms with van der Waals surface area (Å²) in [5.74, 6) is -0.883. The second kappa shape index (κ2) is 9.69. The van der Waals surface area contributed by atoms with Crippen LogP contribution < -0.4 is 0 Å². The van der Waals surface area contributed by atoms with Gasteiger partial charge in [-0.1, -0.05) is 66.2 Å². The van der Waals surface area contributed by atoms with Gasteiger partial charge in [0.15, 0.2) is 0 Å². The van der Waals surface area contributed by atoms with Crippen LogP contribution in [0.3, 0.4) is 0 Å². The van der Waals surface area contributed by atoms with Crippen LogP contribution >= 0.6 is 0 Å². The van der Waals surface area contributed by atoms with E-state index in [9.17, 15) is 14.7 Å². The van der Waals surface area contributed by atoms with Crippen molar-refractivity contribution in [3.8, 4) is 11.1 Å². The number of para-hydroxylation sites is 1. The molecule has 6 rings (SSSR count). The Morgan fingerprint density at radius 3 is 2.59 bits per heavy atom. The number of carbonyl (C=O) groups excluding carboxylic acids is 2. The number of aryl methyl sites for hydroxylation is 2. The molecule has 3 aromatic carbocycles. The third-order valence-electron chi connectivity index (χ3n) is 8.78. The highest BCUT2D eigenvalue weighted by atomic mass is 16.3. The Hall–Kier alpha value is -3.90. The third-order valence-corrected chi connectivity index (χ3v) is 8.78. The molecule has 6 heteroatoms. The molecule has 2 amide bonds. The lowest BCUT2D eigenvalue weighted by atomic mass is 9.79. The Balaban J connectivity index is 1.42. The number of H-pyrrole nitrogens is 1. The monoisotopic (exact) mass is 521 g/mol. The van der Waals surface area contributed by atoms with Crippen LogP contribution in [0.2, 0.25) is 0 Å². The molecule has 0 bridgehead atoms. The molecular formula is C33H35N3O3. The quantitative estimate of drug-likeness (QED) is 0.377. The molecule has 2 N–H and O–H groups in total. The van der Waals surface area contributed by atoms with E-state index in [1.807, 2.05) is 36.1 Å². The largest absolute Gasteiger partial charge is 0.393 e. The van der Waals surface area contributed by atoms with Crippen LogP contribution in [0.25, 0.3) is 22.0 Å². The van der Waals surface area contributed by atoms with Crippen LogP contribution in [-0.4, -0.2) is 57.4 Å². The third kappa shape index (κ3) is 4.14. The topological polar surface area (TPSA) is 76.6 Å². The summed E-state index contributed by atoms with van der Waals surface area (Å²) in [6.45, 7) is 6.28. The fourth-order valence-electron chi connectivity index (χ4n) is 6.77. The minimum absolute atomic E-state index is 0.0844. The Kier molecular flexibility index (Phi) is 6.31. The van der Waals surface area contributed by atoms with Gasteiger partial charge in [-0.2, -0.15) is 0 Å². The van der Waals surface area contributed by atoms with E-state index in [1.54, 1.807) is 18.9 Å². The highest BCUT2D eigenvalue weighted by molar-refractivity contribution is 5.98. The normalized spacial score (nSPS) is 21.4. The highest BCUT2D eigenvalue weighted by Crippen LogP contribution is 2.44. The number of nitrogens with zero attached hydrogens (tertiary/aromatic N) is 2. The summed E-state index contributed by atoms with van der Waals surface area (Å²) < 4.78 is 0. The van der Waals surface area contributed by atoms with E-state index in [4.69, 9.17) is 0 Å². The molecule has 2 aliphatic rings. The number of aliphatic hydroxyl groups excluding tert-OH is 1. The second-order valence-corrected chi connectivity index (χ2v) is 11.2. The molecule has 6 nitrogen and oxygen atoms in total. The van der Waals surface area contributed by atoms with Crippen LogP contribution in [0.15, 0.2) is 66.7 Å². The molecule has 1 saturated heterocycles. The second-order valence-electron chi connectivity index (χ2n) is 11.2. The highest BCUT2D eigenvalue weighted by Gasteiger charge is 2.49. The van der Waals surface area contributed by atoms with Gasteiger partial charge in [0.05, 0.1) is 23.6 Å². The number of carbonyl (C=O) groups is 2. The van der Waals surface area contributed by atoms with Gasteiger partial charge in [0.25, 0.3) is 5.91 Å². The fraction of sp³-hybridized carbons (Fsp3) is 0.333. The van der Waals surface area contributed by atoms with Crippen LogP contribution in [-0.2, 0) is 11.2 Å². The number of piperidine rings is 1. The van der Waals surface area contributed by atoms with Gasteiger partial charge in [-0.3, -0.25) is 9.59 Å². The van der Waals surface area contributed by atoms with Crippen molar-refractivity contribution in [3.63, 3.8) is 0 Å². The number of rotatable bonds is 4. The summed E-state index contributed by atoms with van der Waals surface area (Å²) in [5.41, 5.74) is 8.41. The van der Waals surface area contributed by atoms with Crippen LogP contribution in [0.4, 0.5) is 0 Å². The number of benzene rings is 3. The molecule has 4 aromatic rings. The molecule has 0 aliphatic carbocycles. The number of fused-ring (bicyclic) bond motifs is 5. The molecule has 3 heterocycles. The average molecular weight is 522 g/mol. The first-order valence-electron chi connectivity index (χ1n) is 13.8. The van der Waals surface area contributed by atoms with E-state index in [-0.39, 0.29) is 17.9 Å². The van der Waals surface area contributed by atoms with Crippen molar-refractivity contribution >= 4 is 22.7 Å². The number of hydrogen-bond donors (Lipinski definition) is 2. The van der Waals surface area contributed by atoms with Crippen molar-refractivity contribution in [2.45, 2.75) is 51.8 Å². The molecule has 0 saturated carbocycles. The number of nitrogens with one attached hydrogen (secondary N) is 1. The predicted molar refractivity (Wildman–Crippen MR) is 153 cm³/mol.